The molecule has 0 aliphatic carbocycles. The Morgan fingerprint density at radius 2 is 1.86 bits per heavy atom. The van der Waals surface area contributed by atoms with E-state index >= 15 is 0 Å². The highest BCUT2D eigenvalue weighted by Gasteiger charge is 2.23. The maximum atomic E-state index is 12.9. The summed E-state index contributed by atoms with van der Waals surface area (Å²) < 4.78 is 17.2. The summed E-state index contributed by atoms with van der Waals surface area (Å²) in [6, 6.07) is 12.3. The first kappa shape index (κ1) is 20.5. The molecule has 1 atom stereocenters. The van der Waals surface area contributed by atoms with Crippen LogP contribution >= 0.6 is 0 Å². The van der Waals surface area contributed by atoms with Gasteiger partial charge in [-0.25, -0.2) is 4.79 Å². The number of rotatable bonds is 8. The molecule has 0 saturated carbocycles. The number of aromatic nitrogens is 1. The molecular weight excluding hydrogens is 372 g/mol. The number of ether oxygens (including phenoxy) is 2. The van der Waals surface area contributed by atoms with E-state index in [1.54, 1.807) is 51.3 Å². The molecule has 0 radical (unpaired) electrons. The molecule has 0 saturated heterocycles. The number of nitrogens with zero attached hydrogens (tertiary/aromatic N) is 2. The summed E-state index contributed by atoms with van der Waals surface area (Å²) >= 11 is 0. The van der Waals surface area contributed by atoms with Crippen molar-refractivity contribution in [3.8, 4) is 11.5 Å². The van der Waals surface area contributed by atoms with E-state index in [2.05, 4.69) is 0 Å². The lowest BCUT2D eigenvalue weighted by atomic mass is 10.1. The summed E-state index contributed by atoms with van der Waals surface area (Å²) in [5, 5.41) is 0. The third-order valence-electron chi connectivity index (χ3n) is 5.05. The van der Waals surface area contributed by atoms with E-state index < -0.39 is 11.8 Å². The van der Waals surface area contributed by atoms with E-state index in [-0.39, 0.29) is 5.91 Å². The zero-order valence-corrected chi connectivity index (χ0v) is 17.2. The average molecular weight is 398 g/mol. The van der Waals surface area contributed by atoms with E-state index in [1.165, 1.54) is 4.57 Å². The molecule has 7 heteroatoms. The molecule has 0 aliphatic heterocycles. The molecule has 7 nitrogen and oxygen atoms in total. The molecule has 29 heavy (non-hydrogen) atoms. The maximum Gasteiger partial charge on any atom is 0.420 e. The van der Waals surface area contributed by atoms with E-state index in [4.69, 9.17) is 13.9 Å². The van der Waals surface area contributed by atoms with Crippen LogP contribution in [0.2, 0.25) is 0 Å². The van der Waals surface area contributed by atoms with Crippen molar-refractivity contribution in [3.05, 3.63) is 58.6 Å². The Morgan fingerprint density at radius 1 is 1.14 bits per heavy atom. The Labute approximate surface area is 169 Å². The SMILES string of the molecule is COc1ccc(CCCN(C)C(=O)[C@H](C)n2c(=O)oc3ccccc32)cc1OC. The second kappa shape index (κ2) is 8.86. The van der Waals surface area contributed by atoms with E-state index in [0.29, 0.717) is 29.1 Å². The minimum atomic E-state index is -0.641. The van der Waals surface area contributed by atoms with E-state index in [9.17, 15) is 9.59 Å². The van der Waals surface area contributed by atoms with Crippen LogP contribution in [0.3, 0.4) is 0 Å². The summed E-state index contributed by atoms with van der Waals surface area (Å²) in [5.41, 5.74) is 2.21. The predicted octanol–water partition coefficient (Wildman–Crippen LogP) is 3.26. The van der Waals surface area contributed by atoms with E-state index in [0.717, 1.165) is 18.4 Å². The number of hydrogen-bond acceptors (Lipinski definition) is 5. The zero-order valence-electron chi connectivity index (χ0n) is 17.2. The summed E-state index contributed by atoms with van der Waals surface area (Å²) in [6.07, 6.45) is 1.58. The number of oxazole rings is 1. The van der Waals surface area contributed by atoms with Gasteiger partial charge in [-0.3, -0.25) is 9.36 Å². The molecule has 3 aromatic rings. The lowest BCUT2D eigenvalue weighted by Crippen LogP contribution is -2.36. The van der Waals surface area contributed by atoms with Crippen molar-refractivity contribution in [3.63, 3.8) is 0 Å². The normalized spacial score (nSPS) is 12.0. The van der Waals surface area contributed by atoms with Crippen molar-refractivity contribution in [1.29, 1.82) is 0 Å². The van der Waals surface area contributed by atoms with Crippen molar-refractivity contribution in [1.82, 2.24) is 9.47 Å². The number of likely N-dealkylation sites (N-methyl/N-ethyl adjacent to an activating group) is 1. The van der Waals surface area contributed by atoms with Crippen molar-refractivity contribution >= 4 is 17.0 Å². The van der Waals surface area contributed by atoms with Gasteiger partial charge in [0.25, 0.3) is 0 Å². The van der Waals surface area contributed by atoms with Crippen LogP contribution in [0.15, 0.2) is 51.7 Å². The number of amides is 1. The van der Waals surface area contributed by atoms with Crippen LogP contribution in [0.25, 0.3) is 11.1 Å². The fourth-order valence-corrected chi connectivity index (χ4v) is 3.45. The van der Waals surface area contributed by atoms with Crippen molar-refractivity contribution in [2.75, 3.05) is 27.8 Å². The number of carbonyl (C=O) groups is 1. The highest BCUT2D eigenvalue weighted by Crippen LogP contribution is 2.28. The van der Waals surface area contributed by atoms with Gasteiger partial charge in [-0.1, -0.05) is 18.2 Å². The lowest BCUT2D eigenvalue weighted by Gasteiger charge is -2.22. The molecule has 0 fully saturated rings. The van der Waals surface area contributed by atoms with Crippen LogP contribution in [0.5, 0.6) is 11.5 Å². The molecule has 154 valence electrons. The van der Waals surface area contributed by atoms with Gasteiger partial charge < -0.3 is 18.8 Å². The fraction of sp³-hybridized carbons (Fsp3) is 0.364. The van der Waals surface area contributed by atoms with Gasteiger partial charge in [-0.2, -0.15) is 0 Å². The molecule has 1 heterocycles. The van der Waals surface area contributed by atoms with Gasteiger partial charge in [-0.05, 0) is 49.6 Å². The number of benzene rings is 2. The molecule has 1 amide bonds. The van der Waals surface area contributed by atoms with Crippen LogP contribution < -0.4 is 15.2 Å². The lowest BCUT2D eigenvalue weighted by molar-refractivity contribution is -0.133. The van der Waals surface area contributed by atoms with Gasteiger partial charge in [-0.15, -0.1) is 0 Å². The molecule has 0 unspecified atom stereocenters. The molecule has 1 aromatic heterocycles. The minimum Gasteiger partial charge on any atom is -0.493 e. The first-order valence-electron chi connectivity index (χ1n) is 9.52. The molecule has 0 N–H and O–H groups in total. The summed E-state index contributed by atoms with van der Waals surface area (Å²) in [4.78, 5) is 26.7. The first-order chi connectivity index (χ1) is 14.0. The number of carbonyl (C=O) groups excluding carboxylic acids is 1. The maximum absolute atomic E-state index is 12.9. The third-order valence-corrected chi connectivity index (χ3v) is 5.05. The minimum absolute atomic E-state index is 0.133. The van der Waals surface area contributed by atoms with Gasteiger partial charge in [0.15, 0.2) is 17.1 Å². The molecular formula is C22H26N2O5. The predicted molar refractivity (Wildman–Crippen MR) is 111 cm³/mol. The topological polar surface area (TPSA) is 73.9 Å². The molecule has 0 bridgehead atoms. The molecule has 2 aromatic carbocycles. The van der Waals surface area contributed by atoms with Crippen LogP contribution in [-0.2, 0) is 11.2 Å². The summed E-state index contributed by atoms with van der Waals surface area (Å²) in [6.45, 7) is 2.29. The second-order valence-corrected chi connectivity index (χ2v) is 6.93. The van der Waals surface area contributed by atoms with Crippen LogP contribution in [0.4, 0.5) is 0 Å². The number of fused-ring (bicyclic) bond motifs is 1. The molecule has 0 aliphatic rings. The van der Waals surface area contributed by atoms with Gasteiger partial charge in [0.1, 0.15) is 6.04 Å². The Morgan fingerprint density at radius 3 is 2.59 bits per heavy atom. The van der Waals surface area contributed by atoms with Crippen LogP contribution in [0.1, 0.15) is 24.9 Å². The van der Waals surface area contributed by atoms with E-state index in [1.807, 2.05) is 24.3 Å². The van der Waals surface area contributed by atoms with Crippen LogP contribution in [-0.4, -0.2) is 43.2 Å². The Bertz CT molecular complexity index is 1050. The number of hydrogen-bond donors (Lipinski definition) is 0. The Kier molecular flexibility index (Phi) is 6.26. The zero-order chi connectivity index (χ0) is 21.0. The largest absolute Gasteiger partial charge is 0.493 e. The van der Waals surface area contributed by atoms with Crippen molar-refractivity contribution < 1.29 is 18.7 Å². The molecule has 0 spiro atoms. The summed E-state index contributed by atoms with van der Waals surface area (Å²) in [5.74, 6) is 0.723. The number of aryl methyl sites for hydroxylation is 1. The fourth-order valence-electron chi connectivity index (χ4n) is 3.45. The van der Waals surface area contributed by atoms with Crippen molar-refractivity contribution in [2.24, 2.45) is 0 Å². The second-order valence-electron chi connectivity index (χ2n) is 6.93. The number of para-hydroxylation sites is 2. The quantitative estimate of drug-likeness (QED) is 0.582. The smallest absolute Gasteiger partial charge is 0.420 e. The molecule has 3 rings (SSSR count). The van der Waals surface area contributed by atoms with Crippen molar-refractivity contribution in [2.45, 2.75) is 25.8 Å². The van der Waals surface area contributed by atoms with Gasteiger partial charge in [0.2, 0.25) is 5.91 Å². The summed E-state index contributed by atoms with van der Waals surface area (Å²) in [7, 11) is 4.96. The van der Waals surface area contributed by atoms with Gasteiger partial charge >= 0.3 is 5.76 Å². The standard InChI is InChI=1S/C22H26N2O5/c1-15(24-17-9-5-6-10-18(17)29-22(24)26)21(25)23(2)13-7-8-16-11-12-19(27-3)20(14-16)28-4/h5-6,9-12,14-15H,7-8,13H2,1-4H3/t15-/m0/s1. The Hall–Kier alpha value is -3.22. The van der Waals surface area contributed by atoms with Gasteiger partial charge in [0.05, 0.1) is 19.7 Å². The third kappa shape index (κ3) is 4.29. The Balaban J connectivity index is 1.63. The van der Waals surface area contributed by atoms with Crippen LogP contribution in [0, 0.1) is 0 Å². The highest BCUT2D eigenvalue weighted by molar-refractivity contribution is 5.82. The monoisotopic (exact) mass is 398 g/mol. The first-order valence-corrected chi connectivity index (χ1v) is 9.52. The highest BCUT2D eigenvalue weighted by atomic mass is 16.5. The van der Waals surface area contributed by atoms with Gasteiger partial charge in [0, 0.05) is 13.6 Å². The number of methoxy groups -OCH3 is 2. The average Bonchev–Trinajstić information content (AvgIpc) is 3.07.